The van der Waals surface area contributed by atoms with Gasteiger partial charge in [-0.25, -0.2) is 4.98 Å². The van der Waals surface area contributed by atoms with Crippen LogP contribution in [0.4, 0.5) is 11.8 Å². The molecule has 0 spiro atoms. The van der Waals surface area contributed by atoms with Crippen LogP contribution in [0.1, 0.15) is 37.4 Å². The number of nitrogen functional groups attached to an aromatic ring is 1. The van der Waals surface area contributed by atoms with Gasteiger partial charge in [-0.3, -0.25) is 0 Å². The third-order valence-electron chi connectivity index (χ3n) is 2.46. The first kappa shape index (κ1) is 16.6. The van der Waals surface area contributed by atoms with Gasteiger partial charge in [-0.2, -0.15) is 4.98 Å². The second-order valence-electron chi connectivity index (χ2n) is 3.79. The number of aromatic nitrogens is 2. The van der Waals surface area contributed by atoms with E-state index in [1.165, 1.54) is 12.8 Å². The third kappa shape index (κ3) is 5.21. The molecule has 0 aromatic carbocycles. The molecule has 1 aromatic heterocycles. The minimum Gasteiger partial charge on any atom is -0.391 e. The Morgan fingerprint density at radius 2 is 2.00 bits per heavy atom. The van der Waals surface area contributed by atoms with Crippen LogP contribution in [0.5, 0.6) is 0 Å². The predicted molar refractivity (Wildman–Crippen MR) is 70.9 cm³/mol. The monoisotopic (exact) mass is 247 g/mol. The Balaban J connectivity index is 0.00000256. The summed E-state index contributed by atoms with van der Waals surface area (Å²) in [5.74, 6) is 0.899. The number of nitrogens with two attached hydrogens (primary N) is 1. The zero-order valence-electron chi connectivity index (χ0n) is 11.0. The minimum atomic E-state index is -0.0672. The molecule has 5 nitrogen and oxygen atoms in total. The summed E-state index contributed by atoms with van der Waals surface area (Å²) in [4.78, 5) is 8.11. The van der Waals surface area contributed by atoms with Gasteiger partial charge in [0.25, 0.3) is 0 Å². The smallest absolute Gasteiger partial charge is 0.222 e. The number of nitrogens with one attached hydrogen (secondary N) is 1. The van der Waals surface area contributed by atoms with Gasteiger partial charge in [0.2, 0.25) is 5.95 Å². The van der Waals surface area contributed by atoms with Crippen molar-refractivity contribution < 1.29 is 5.11 Å². The Kier molecular flexibility index (Phi) is 8.51. The van der Waals surface area contributed by atoms with E-state index < -0.39 is 0 Å². The molecule has 0 aliphatic carbocycles. The maximum atomic E-state index is 9.23. The normalized spacial score (nSPS) is 9.82. The first-order chi connectivity index (χ1) is 7.69. The second-order valence-corrected chi connectivity index (χ2v) is 3.79. The molecule has 0 amide bonds. The van der Waals surface area contributed by atoms with Gasteiger partial charge in [-0.05, 0) is 13.3 Å². The number of hydrogen-bond donors (Lipinski definition) is 3. The van der Waals surface area contributed by atoms with Crippen LogP contribution in [-0.2, 0) is 6.61 Å². The molecule has 0 aliphatic rings. The van der Waals surface area contributed by atoms with Crippen molar-refractivity contribution in [2.45, 2.75) is 39.7 Å². The average molecular weight is 247 g/mol. The maximum Gasteiger partial charge on any atom is 0.222 e. The third-order valence-corrected chi connectivity index (χ3v) is 2.46. The van der Waals surface area contributed by atoms with Crippen LogP contribution in [0.3, 0.4) is 0 Å². The van der Waals surface area contributed by atoms with E-state index in [1.807, 2.05) is 6.92 Å². The van der Waals surface area contributed by atoms with Crippen molar-refractivity contribution in [1.29, 1.82) is 0 Å². The second kappa shape index (κ2) is 8.69. The van der Waals surface area contributed by atoms with Gasteiger partial charge in [0, 0.05) is 41.7 Å². The van der Waals surface area contributed by atoms with Crippen molar-refractivity contribution in [3.63, 3.8) is 0 Å². The van der Waals surface area contributed by atoms with Crippen LogP contribution >= 0.6 is 0 Å². The fourth-order valence-corrected chi connectivity index (χ4v) is 1.53. The fourth-order valence-electron chi connectivity index (χ4n) is 1.53. The van der Waals surface area contributed by atoms with Gasteiger partial charge in [0.1, 0.15) is 5.82 Å². The molecule has 0 unspecified atom stereocenters. The number of nitrogens with zero attached hydrogens (tertiary/aromatic N) is 2. The molecule has 6 heteroatoms. The van der Waals surface area contributed by atoms with Crippen LogP contribution in [0, 0.1) is 6.92 Å². The van der Waals surface area contributed by atoms with Crippen molar-refractivity contribution in [2.75, 3.05) is 17.6 Å². The van der Waals surface area contributed by atoms with Gasteiger partial charge in [-0.15, -0.1) is 0 Å². The van der Waals surface area contributed by atoms with Crippen LogP contribution in [0.15, 0.2) is 0 Å². The molecule has 17 heavy (non-hydrogen) atoms. The Hall–Kier alpha value is -0.360. The van der Waals surface area contributed by atoms with E-state index >= 15 is 0 Å². The molecular formula is C11H20N4NaO. The molecule has 0 fully saturated rings. The van der Waals surface area contributed by atoms with E-state index in [0.29, 0.717) is 5.82 Å². The Morgan fingerprint density at radius 1 is 1.29 bits per heavy atom. The molecule has 0 aliphatic heterocycles. The first-order valence-corrected chi connectivity index (χ1v) is 5.66. The van der Waals surface area contributed by atoms with Crippen LogP contribution in [0.25, 0.3) is 0 Å². The van der Waals surface area contributed by atoms with Gasteiger partial charge in [0.05, 0.1) is 12.3 Å². The zero-order valence-corrected chi connectivity index (χ0v) is 13.0. The number of aliphatic hydroxyl groups excluding tert-OH is 1. The standard InChI is InChI=1S/C11H20N4O.Na/c1-3-4-5-6-13-10-9(7-16)8(2)14-11(12)15-10;/h16H,3-7H2,1-2H3,(H3,12,13,14,15);. The summed E-state index contributed by atoms with van der Waals surface area (Å²) in [6.07, 6.45) is 3.45. The van der Waals surface area contributed by atoms with E-state index in [1.54, 1.807) is 0 Å². The molecule has 1 heterocycles. The van der Waals surface area contributed by atoms with Crippen LogP contribution in [-0.4, -0.2) is 51.2 Å². The Labute approximate surface area is 125 Å². The summed E-state index contributed by atoms with van der Waals surface area (Å²) >= 11 is 0. The van der Waals surface area contributed by atoms with Gasteiger partial charge in [-0.1, -0.05) is 19.8 Å². The number of rotatable bonds is 6. The molecule has 91 valence electrons. The number of aliphatic hydroxyl groups is 1. The molecule has 1 radical (unpaired) electrons. The van der Waals surface area contributed by atoms with Gasteiger partial charge < -0.3 is 16.2 Å². The topological polar surface area (TPSA) is 84.1 Å². The molecule has 0 saturated heterocycles. The minimum absolute atomic E-state index is 0. The summed E-state index contributed by atoms with van der Waals surface area (Å²) in [6, 6.07) is 0. The van der Waals surface area contributed by atoms with Gasteiger partial charge >= 0.3 is 0 Å². The van der Waals surface area contributed by atoms with E-state index in [2.05, 4.69) is 22.2 Å². The van der Waals surface area contributed by atoms with E-state index in [-0.39, 0.29) is 42.1 Å². The molecule has 1 rings (SSSR count). The maximum absolute atomic E-state index is 9.23. The Morgan fingerprint density at radius 3 is 2.59 bits per heavy atom. The molecule has 0 atom stereocenters. The van der Waals surface area contributed by atoms with Crippen molar-refractivity contribution in [3.8, 4) is 0 Å². The molecule has 0 bridgehead atoms. The van der Waals surface area contributed by atoms with Gasteiger partial charge in [0.15, 0.2) is 0 Å². The van der Waals surface area contributed by atoms with Crippen LogP contribution < -0.4 is 11.1 Å². The molecule has 0 saturated carbocycles. The quantitative estimate of drug-likeness (QED) is 0.517. The largest absolute Gasteiger partial charge is 0.391 e. The predicted octanol–water partition coefficient (Wildman–Crippen LogP) is 1.08. The number of aryl methyl sites for hydroxylation is 1. The van der Waals surface area contributed by atoms with E-state index in [0.717, 1.165) is 24.2 Å². The number of anilines is 2. The first-order valence-electron chi connectivity index (χ1n) is 5.66. The molecule has 4 N–H and O–H groups in total. The fraction of sp³-hybridized carbons (Fsp3) is 0.636. The van der Waals surface area contributed by atoms with Crippen molar-refractivity contribution in [3.05, 3.63) is 11.3 Å². The summed E-state index contributed by atoms with van der Waals surface area (Å²) in [5.41, 5.74) is 7.03. The van der Waals surface area contributed by atoms with Crippen molar-refractivity contribution in [2.24, 2.45) is 0 Å². The number of unbranched alkanes of at least 4 members (excludes halogenated alkanes) is 2. The van der Waals surface area contributed by atoms with Crippen LogP contribution in [0.2, 0.25) is 0 Å². The summed E-state index contributed by atoms with van der Waals surface area (Å²) < 4.78 is 0. The molecule has 1 aromatic rings. The van der Waals surface area contributed by atoms with Crippen molar-refractivity contribution >= 4 is 41.3 Å². The SMILES string of the molecule is CCCCCNc1nc(N)nc(C)c1CO.[Na]. The Bertz CT molecular complexity index is 346. The number of hydrogen-bond acceptors (Lipinski definition) is 5. The summed E-state index contributed by atoms with van der Waals surface area (Å²) in [6.45, 7) is 4.76. The van der Waals surface area contributed by atoms with E-state index in [4.69, 9.17) is 5.73 Å². The molecular weight excluding hydrogens is 227 g/mol. The summed E-state index contributed by atoms with van der Waals surface area (Å²) in [5, 5.41) is 12.4. The van der Waals surface area contributed by atoms with E-state index in [9.17, 15) is 5.11 Å². The van der Waals surface area contributed by atoms with Crippen molar-refractivity contribution in [1.82, 2.24) is 9.97 Å². The average Bonchev–Trinajstić information content (AvgIpc) is 2.24. The zero-order chi connectivity index (χ0) is 12.0. The summed E-state index contributed by atoms with van der Waals surface area (Å²) in [7, 11) is 0.